The maximum absolute atomic E-state index is 4.75. The normalized spacial score (nSPS) is 12.8. The van der Waals surface area contributed by atoms with Crippen LogP contribution in [0, 0.1) is 0 Å². The van der Waals surface area contributed by atoms with Gasteiger partial charge in [0.15, 0.2) is 11.6 Å². The quantitative estimate of drug-likeness (QED) is 0.157. The fourth-order valence-corrected chi connectivity index (χ4v) is 10.1. The van der Waals surface area contributed by atoms with Crippen LogP contribution in [0.15, 0.2) is 212 Å². The molecule has 0 aliphatic heterocycles. The molecule has 3 nitrogen and oxygen atoms in total. The average molecular weight is 792 g/mol. The first-order valence-electron chi connectivity index (χ1n) is 21.4. The Morgan fingerprint density at radius 1 is 0.339 bits per heavy atom. The molecule has 0 bridgehead atoms. The summed E-state index contributed by atoms with van der Waals surface area (Å²) in [5.74, 6) is 1.61. The van der Waals surface area contributed by atoms with Crippen LogP contribution in [0.2, 0.25) is 0 Å². The molecule has 0 fully saturated rings. The SMILES string of the molecule is CC1(C)c2ccccc2-c2cc3c(-c4ccc(-n5c(-c6ccccc6)nnc5-c5ccccc5)cc4)c4ccccc4c(-c4ccc(-c5cccc6ccccc56)cc4)c3cc21. The van der Waals surface area contributed by atoms with Gasteiger partial charge in [-0.25, -0.2) is 0 Å². The molecule has 0 saturated carbocycles. The van der Waals surface area contributed by atoms with Gasteiger partial charge in [0, 0.05) is 22.2 Å². The van der Waals surface area contributed by atoms with Crippen LogP contribution in [0.3, 0.4) is 0 Å². The zero-order chi connectivity index (χ0) is 41.4. The summed E-state index contributed by atoms with van der Waals surface area (Å²) < 4.78 is 2.18. The third kappa shape index (κ3) is 5.59. The Morgan fingerprint density at radius 2 is 0.823 bits per heavy atom. The van der Waals surface area contributed by atoms with Crippen LogP contribution in [0.4, 0.5) is 0 Å². The van der Waals surface area contributed by atoms with Crippen LogP contribution >= 0.6 is 0 Å². The smallest absolute Gasteiger partial charge is 0.168 e. The molecule has 12 rings (SSSR count). The maximum atomic E-state index is 4.75. The molecule has 1 aromatic heterocycles. The Bertz CT molecular complexity index is 3450. The van der Waals surface area contributed by atoms with Crippen LogP contribution < -0.4 is 0 Å². The molecule has 1 aliphatic carbocycles. The minimum absolute atomic E-state index is 0.144. The van der Waals surface area contributed by atoms with E-state index in [1.54, 1.807) is 0 Å². The Kier molecular flexibility index (Phi) is 8.20. The Hall–Kier alpha value is -7.88. The molecule has 0 atom stereocenters. The molecule has 0 amide bonds. The zero-order valence-corrected chi connectivity index (χ0v) is 34.5. The van der Waals surface area contributed by atoms with E-state index in [1.807, 2.05) is 12.1 Å². The predicted molar refractivity (Wildman–Crippen MR) is 259 cm³/mol. The summed E-state index contributed by atoms with van der Waals surface area (Å²) in [5, 5.41) is 17.0. The summed E-state index contributed by atoms with van der Waals surface area (Å²) in [6.07, 6.45) is 0. The van der Waals surface area contributed by atoms with Gasteiger partial charge in [0.25, 0.3) is 0 Å². The predicted octanol–water partition coefficient (Wildman–Crippen LogP) is 15.4. The minimum Gasteiger partial charge on any atom is -0.275 e. The number of aromatic nitrogens is 3. The van der Waals surface area contributed by atoms with Crippen LogP contribution in [0.25, 0.3) is 105 Å². The van der Waals surface area contributed by atoms with Gasteiger partial charge in [0.05, 0.1) is 0 Å². The number of fused-ring (bicyclic) bond motifs is 6. The van der Waals surface area contributed by atoms with E-state index in [0.717, 1.165) is 34.0 Å². The second-order valence-corrected chi connectivity index (χ2v) is 17.0. The Morgan fingerprint density at radius 3 is 1.47 bits per heavy atom. The molecule has 292 valence electrons. The number of nitrogens with zero attached hydrogens (tertiary/aromatic N) is 3. The van der Waals surface area contributed by atoms with E-state index in [4.69, 9.17) is 10.2 Å². The number of hydrogen-bond acceptors (Lipinski definition) is 2. The molecule has 62 heavy (non-hydrogen) atoms. The second-order valence-electron chi connectivity index (χ2n) is 17.0. The molecule has 1 aliphatic rings. The van der Waals surface area contributed by atoms with E-state index in [9.17, 15) is 0 Å². The fourth-order valence-electron chi connectivity index (χ4n) is 10.1. The highest BCUT2D eigenvalue weighted by Gasteiger charge is 2.36. The first kappa shape index (κ1) is 36.0. The topological polar surface area (TPSA) is 30.7 Å². The number of rotatable bonds is 6. The third-order valence-corrected chi connectivity index (χ3v) is 13.1. The summed E-state index contributed by atoms with van der Waals surface area (Å²) in [6.45, 7) is 4.75. The molecule has 10 aromatic carbocycles. The van der Waals surface area contributed by atoms with Gasteiger partial charge in [-0.2, -0.15) is 0 Å². The Labute approximate surface area is 361 Å². The first-order valence-corrected chi connectivity index (χ1v) is 21.4. The highest BCUT2D eigenvalue weighted by molar-refractivity contribution is 6.22. The molecule has 11 aromatic rings. The van der Waals surface area contributed by atoms with Crippen molar-refractivity contribution in [1.29, 1.82) is 0 Å². The molecule has 1 heterocycles. The monoisotopic (exact) mass is 791 g/mol. The van der Waals surface area contributed by atoms with E-state index in [0.29, 0.717) is 0 Å². The summed E-state index contributed by atoms with van der Waals surface area (Å²) in [5.41, 5.74) is 15.6. The van der Waals surface area contributed by atoms with E-state index in [-0.39, 0.29) is 5.41 Å². The van der Waals surface area contributed by atoms with Gasteiger partial charge in [0.2, 0.25) is 0 Å². The van der Waals surface area contributed by atoms with Crippen molar-refractivity contribution in [2.45, 2.75) is 19.3 Å². The van der Waals surface area contributed by atoms with Gasteiger partial charge < -0.3 is 0 Å². The highest BCUT2D eigenvalue weighted by atomic mass is 15.3. The van der Waals surface area contributed by atoms with Crippen molar-refractivity contribution in [1.82, 2.24) is 14.8 Å². The summed E-state index contributed by atoms with van der Waals surface area (Å²) in [4.78, 5) is 0. The summed E-state index contributed by atoms with van der Waals surface area (Å²) >= 11 is 0. The fraction of sp³-hybridized carbons (Fsp3) is 0.0508. The molecule has 0 saturated heterocycles. The van der Waals surface area contributed by atoms with Gasteiger partial charge >= 0.3 is 0 Å². The molecular formula is C59H41N3. The standard InChI is InChI=1S/C59H41N3/c1-59(2)53-27-14-13-23-47(53)50-36-51-52(37-54(50)59)56(40-30-28-39(29-31-40)46-26-15-21-38-16-9-10-22-45(38)46)49-25-12-11-24-48(49)55(51)41-32-34-44(35-33-41)62-57(42-17-5-3-6-18-42)60-61-58(62)43-19-7-4-8-20-43/h3-37H,1-2H3. The van der Waals surface area contributed by atoms with Crippen LogP contribution in [0.1, 0.15) is 25.0 Å². The number of benzene rings is 10. The van der Waals surface area contributed by atoms with Crippen molar-refractivity contribution in [3.63, 3.8) is 0 Å². The van der Waals surface area contributed by atoms with E-state index >= 15 is 0 Å². The molecule has 0 spiro atoms. The van der Waals surface area contributed by atoms with Gasteiger partial charge in [0.1, 0.15) is 0 Å². The highest BCUT2D eigenvalue weighted by Crippen LogP contribution is 2.53. The lowest BCUT2D eigenvalue weighted by Gasteiger charge is -2.24. The van der Waals surface area contributed by atoms with Crippen molar-refractivity contribution in [2.75, 3.05) is 0 Å². The van der Waals surface area contributed by atoms with Crippen molar-refractivity contribution in [3.05, 3.63) is 223 Å². The van der Waals surface area contributed by atoms with Gasteiger partial charge in [-0.15, -0.1) is 10.2 Å². The average Bonchev–Trinajstić information content (AvgIpc) is 3.87. The lowest BCUT2D eigenvalue weighted by Crippen LogP contribution is -2.14. The third-order valence-electron chi connectivity index (χ3n) is 13.1. The lowest BCUT2D eigenvalue weighted by molar-refractivity contribution is 0.661. The van der Waals surface area contributed by atoms with Crippen molar-refractivity contribution >= 4 is 32.3 Å². The summed E-state index contributed by atoms with van der Waals surface area (Å²) in [7, 11) is 0. The van der Waals surface area contributed by atoms with Gasteiger partial charge in [-0.05, 0) is 112 Å². The molecule has 3 heteroatoms. The molecule has 0 N–H and O–H groups in total. The first-order chi connectivity index (χ1) is 30.5. The van der Waals surface area contributed by atoms with Crippen molar-refractivity contribution < 1.29 is 0 Å². The Balaban J connectivity index is 1.08. The van der Waals surface area contributed by atoms with E-state index < -0.39 is 0 Å². The van der Waals surface area contributed by atoms with Crippen molar-refractivity contribution in [2.24, 2.45) is 0 Å². The summed E-state index contributed by atoms with van der Waals surface area (Å²) in [6, 6.07) is 77.1. The van der Waals surface area contributed by atoms with Crippen LogP contribution in [-0.4, -0.2) is 14.8 Å². The zero-order valence-electron chi connectivity index (χ0n) is 34.5. The van der Waals surface area contributed by atoms with Crippen LogP contribution in [0.5, 0.6) is 0 Å². The van der Waals surface area contributed by atoms with Gasteiger partial charge in [-0.1, -0.05) is 202 Å². The van der Waals surface area contributed by atoms with Gasteiger partial charge in [-0.3, -0.25) is 4.57 Å². The largest absolute Gasteiger partial charge is 0.275 e. The van der Waals surface area contributed by atoms with E-state index in [1.165, 1.54) is 82.4 Å². The molecule has 0 unspecified atom stereocenters. The maximum Gasteiger partial charge on any atom is 0.168 e. The molecule has 0 radical (unpaired) electrons. The van der Waals surface area contributed by atoms with E-state index in [2.05, 4.69) is 219 Å². The lowest BCUT2D eigenvalue weighted by atomic mass is 9.79. The minimum atomic E-state index is -0.144. The van der Waals surface area contributed by atoms with Crippen LogP contribution in [-0.2, 0) is 5.41 Å². The molecular weight excluding hydrogens is 751 g/mol. The number of hydrogen-bond donors (Lipinski definition) is 0. The van der Waals surface area contributed by atoms with Crippen molar-refractivity contribution in [3.8, 4) is 73.0 Å². The second kappa shape index (κ2) is 14.1.